The average molecular weight is 354 g/mol. The molecule has 1 N–H and O–H groups in total. The quantitative estimate of drug-likeness (QED) is 0.735. The summed E-state index contributed by atoms with van der Waals surface area (Å²) in [5, 5.41) is 2.85. The van der Waals surface area contributed by atoms with Gasteiger partial charge >= 0.3 is 5.69 Å². The van der Waals surface area contributed by atoms with Gasteiger partial charge in [-0.15, -0.1) is 0 Å². The molecule has 0 aliphatic rings. The van der Waals surface area contributed by atoms with E-state index in [1.165, 1.54) is 4.57 Å². The lowest BCUT2D eigenvalue weighted by atomic mass is 10.2. The highest BCUT2D eigenvalue weighted by molar-refractivity contribution is 5.79. The third-order valence-corrected chi connectivity index (χ3v) is 4.16. The van der Waals surface area contributed by atoms with Crippen molar-refractivity contribution in [3.05, 3.63) is 58.6 Å². The summed E-state index contributed by atoms with van der Waals surface area (Å²) in [7, 11) is 1.60. The van der Waals surface area contributed by atoms with Crippen molar-refractivity contribution in [1.82, 2.24) is 19.4 Å². The van der Waals surface area contributed by atoms with Gasteiger partial charge in [0.2, 0.25) is 5.91 Å². The number of ether oxygens (including phenoxy) is 1. The molecule has 0 bridgehead atoms. The van der Waals surface area contributed by atoms with Crippen LogP contribution in [-0.2, 0) is 17.9 Å². The minimum atomic E-state index is -0.235. The summed E-state index contributed by atoms with van der Waals surface area (Å²) in [5.41, 5.74) is 1.94. The monoisotopic (exact) mass is 354 g/mol. The summed E-state index contributed by atoms with van der Waals surface area (Å²) in [4.78, 5) is 29.4. The van der Waals surface area contributed by atoms with E-state index in [1.807, 2.05) is 38.1 Å². The van der Waals surface area contributed by atoms with Crippen LogP contribution in [0, 0.1) is 0 Å². The van der Waals surface area contributed by atoms with Crippen LogP contribution in [0.5, 0.6) is 5.75 Å². The van der Waals surface area contributed by atoms with Gasteiger partial charge in [-0.25, -0.2) is 9.78 Å². The topological polar surface area (TPSA) is 78.1 Å². The number of pyridine rings is 1. The Morgan fingerprint density at radius 3 is 2.81 bits per heavy atom. The van der Waals surface area contributed by atoms with Crippen LogP contribution in [0.25, 0.3) is 11.2 Å². The fourth-order valence-corrected chi connectivity index (χ4v) is 2.91. The van der Waals surface area contributed by atoms with Crippen LogP contribution in [0.3, 0.4) is 0 Å². The number of imidazole rings is 1. The van der Waals surface area contributed by atoms with Crippen molar-refractivity contribution < 1.29 is 9.53 Å². The van der Waals surface area contributed by atoms with Crippen molar-refractivity contribution in [3.63, 3.8) is 0 Å². The molecule has 0 aliphatic carbocycles. The van der Waals surface area contributed by atoms with Gasteiger partial charge in [-0.05, 0) is 43.7 Å². The molecule has 136 valence electrons. The van der Waals surface area contributed by atoms with Gasteiger partial charge in [-0.2, -0.15) is 0 Å². The van der Waals surface area contributed by atoms with Crippen molar-refractivity contribution in [2.24, 2.45) is 0 Å². The molecule has 3 rings (SSSR count). The number of methoxy groups -OCH3 is 1. The number of nitrogens with zero attached hydrogens (tertiary/aromatic N) is 3. The Hall–Kier alpha value is -3.09. The Kier molecular flexibility index (Phi) is 5.06. The van der Waals surface area contributed by atoms with Gasteiger partial charge in [0.05, 0.1) is 12.6 Å². The molecule has 26 heavy (non-hydrogen) atoms. The summed E-state index contributed by atoms with van der Waals surface area (Å²) in [6.45, 7) is 4.15. The van der Waals surface area contributed by atoms with Gasteiger partial charge in [0.15, 0.2) is 5.65 Å². The minimum absolute atomic E-state index is 0.0407. The number of hydrogen-bond acceptors (Lipinski definition) is 4. The summed E-state index contributed by atoms with van der Waals surface area (Å²) in [6, 6.07) is 11.0. The highest BCUT2D eigenvalue weighted by Crippen LogP contribution is 2.14. The van der Waals surface area contributed by atoms with Crippen LogP contribution in [0.2, 0.25) is 0 Å². The van der Waals surface area contributed by atoms with Crippen LogP contribution in [0.1, 0.15) is 25.5 Å². The molecule has 0 saturated heterocycles. The summed E-state index contributed by atoms with van der Waals surface area (Å²) in [6.07, 6.45) is 1.65. The summed E-state index contributed by atoms with van der Waals surface area (Å²) < 4.78 is 8.24. The Morgan fingerprint density at radius 1 is 1.27 bits per heavy atom. The predicted molar refractivity (Wildman–Crippen MR) is 99.2 cm³/mol. The van der Waals surface area contributed by atoms with Gasteiger partial charge < -0.3 is 10.1 Å². The molecule has 0 atom stereocenters. The fraction of sp³-hybridized carbons (Fsp3) is 0.316. The number of fused-ring (bicyclic) bond motifs is 1. The predicted octanol–water partition coefficient (Wildman–Crippen LogP) is 2.10. The molecule has 1 amide bonds. The molecule has 0 spiro atoms. The number of carbonyl (C=O) groups is 1. The minimum Gasteiger partial charge on any atom is -0.497 e. The molecule has 0 fully saturated rings. The second-order valence-electron chi connectivity index (χ2n) is 6.31. The number of benzene rings is 1. The molecule has 0 aliphatic heterocycles. The first kappa shape index (κ1) is 17.7. The van der Waals surface area contributed by atoms with E-state index in [2.05, 4.69) is 10.3 Å². The number of rotatable bonds is 6. The zero-order valence-corrected chi connectivity index (χ0v) is 15.1. The first-order valence-electron chi connectivity index (χ1n) is 8.46. The van der Waals surface area contributed by atoms with E-state index in [-0.39, 0.29) is 24.2 Å². The van der Waals surface area contributed by atoms with E-state index in [4.69, 9.17) is 4.74 Å². The molecule has 2 aromatic heterocycles. The molecule has 0 unspecified atom stereocenters. The SMILES string of the molecule is COc1cccc(CNC(=O)Cn2c(=O)n(C(C)C)c3ncccc32)c1. The molecule has 3 aromatic rings. The van der Waals surface area contributed by atoms with Gasteiger partial charge in [0.25, 0.3) is 0 Å². The van der Waals surface area contributed by atoms with Crippen LogP contribution < -0.4 is 15.7 Å². The number of nitrogens with one attached hydrogen (secondary N) is 1. The van der Waals surface area contributed by atoms with E-state index in [1.54, 1.807) is 30.0 Å². The standard InChI is InChI=1S/C19H22N4O3/c1-13(2)23-18-16(8-5-9-20-18)22(19(23)25)12-17(24)21-11-14-6-4-7-15(10-14)26-3/h4-10,13H,11-12H2,1-3H3,(H,21,24). The third kappa shape index (κ3) is 3.46. The van der Waals surface area contributed by atoms with E-state index < -0.39 is 0 Å². The zero-order valence-electron chi connectivity index (χ0n) is 15.1. The highest BCUT2D eigenvalue weighted by Gasteiger charge is 2.17. The molecule has 7 heteroatoms. The van der Waals surface area contributed by atoms with Gasteiger partial charge in [0.1, 0.15) is 12.3 Å². The van der Waals surface area contributed by atoms with Crippen molar-refractivity contribution in [2.75, 3.05) is 7.11 Å². The lowest BCUT2D eigenvalue weighted by molar-refractivity contribution is -0.121. The second kappa shape index (κ2) is 7.43. The normalized spacial score (nSPS) is 11.1. The number of amides is 1. The van der Waals surface area contributed by atoms with E-state index in [9.17, 15) is 9.59 Å². The highest BCUT2D eigenvalue weighted by atomic mass is 16.5. The van der Waals surface area contributed by atoms with Crippen molar-refractivity contribution >= 4 is 17.1 Å². The first-order valence-corrected chi connectivity index (χ1v) is 8.46. The molecule has 0 saturated carbocycles. The van der Waals surface area contributed by atoms with E-state index in [0.29, 0.717) is 17.7 Å². The molecular formula is C19H22N4O3. The third-order valence-electron chi connectivity index (χ3n) is 4.16. The van der Waals surface area contributed by atoms with E-state index >= 15 is 0 Å². The largest absolute Gasteiger partial charge is 0.497 e. The van der Waals surface area contributed by atoms with Crippen LogP contribution in [0.15, 0.2) is 47.4 Å². The maximum absolute atomic E-state index is 12.7. The van der Waals surface area contributed by atoms with Gasteiger partial charge in [-0.1, -0.05) is 12.1 Å². The Labute approximate surface area is 151 Å². The maximum Gasteiger partial charge on any atom is 0.331 e. The van der Waals surface area contributed by atoms with Gasteiger partial charge in [-0.3, -0.25) is 13.9 Å². The second-order valence-corrected chi connectivity index (χ2v) is 6.31. The molecule has 1 aromatic carbocycles. The van der Waals surface area contributed by atoms with Crippen LogP contribution >= 0.6 is 0 Å². The summed E-state index contributed by atoms with van der Waals surface area (Å²) >= 11 is 0. The Bertz CT molecular complexity index is 988. The summed E-state index contributed by atoms with van der Waals surface area (Å²) in [5.74, 6) is 0.501. The van der Waals surface area contributed by atoms with Gasteiger partial charge in [0, 0.05) is 18.8 Å². The molecule has 2 heterocycles. The smallest absolute Gasteiger partial charge is 0.331 e. The molecule has 7 nitrogen and oxygen atoms in total. The Morgan fingerprint density at radius 2 is 2.08 bits per heavy atom. The number of carbonyl (C=O) groups excluding carboxylic acids is 1. The Balaban J connectivity index is 1.79. The number of hydrogen-bond donors (Lipinski definition) is 1. The maximum atomic E-state index is 12.7. The molecule has 0 radical (unpaired) electrons. The lowest BCUT2D eigenvalue weighted by Gasteiger charge is -2.08. The molecular weight excluding hydrogens is 332 g/mol. The first-order chi connectivity index (χ1) is 12.5. The van der Waals surface area contributed by atoms with E-state index in [0.717, 1.165) is 11.3 Å². The van der Waals surface area contributed by atoms with Crippen LogP contribution in [0.4, 0.5) is 0 Å². The number of aromatic nitrogens is 3. The lowest BCUT2D eigenvalue weighted by Crippen LogP contribution is -2.33. The average Bonchev–Trinajstić information content (AvgIpc) is 2.92. The zero-order chi connectivity index (χ0) is 18.7. The van der Waals surface area contributed by atoms with Crippen molar-refractivity contribution in [1.29, 1.82) is 0 Å². The van der Waals surface area contributed by atoms with Crippen molar-refractivity contribution in [3.8, 4) is 5.75 Å². The van der Waals surface area contributed by atoms with Crippen LogP contribution in [-0.4, -0.2) is 27.1 Å². The van der Waals surface area contributed by atoms with Crippen molar-refractivity contribution in [2.45, 2.75) is 33.0 Å². The fourth-order valence-electron chi connectivity index (χ4n) is 2.91.